The standard InChI is InChI=1S/C15H20N4O/c1-2-7-17-14(20)9-19-13-6-5-11(16)8-12(13)18-15(19)10-3-4-10/h5-6,8,10H,2-4,7,9,16H2,1H3,(H,17,20). The van der Waals surface area contributed by atoms with E-state index in [-0.39, 0.29) is 5.91 Å². The van der Waals surface area contributed by atoms with Crippen LogP contribution in [0.4, 0.5) is 5.69 Å². The minimum atomic E-state index is 0.0462. The molecule has 2 aromatic rings. The number of nitrogens with zero attached hydrogens (tertiary/aromatic N) is 2. The lowest BCUT2D eigenvalue weighted by molar-refractivity contribution is -0.121. The fourth-order valence-corrected chi connectivity index (χ4v) is 2.45. The molecule has 20 heavy (non-hydrogen) atoms. The third-order valence-electron chi connectivity index (χ3n) is 3.62. The molecule has 0 saturated heterocycles. The van der Waals surface area contributed by atoms with Gasteiger partial charge in [0.1, 0.15) is 12.4 Å². The van der Waals surface area contributed by atoms with Crippen molar-refractivity contribution < 1.29 is 4.79 Å². The van der Waals surface area contributed by atoms with E-state index in [9.17, 15) is 4.79 Å². The molecule has 1 amide bonds. The van der Waals surface area contributed by atoms with E-state index in [1.807, 2.05) is 29.7 Å². The van der Waals surface area contributed by atoms with Gasteiger partial charge in [0.15, 0.2) is 0 Å². The summed E-state index contributed by atoms with van der Waals surface area (Å²) < 4.78 is 2.04. The lowest BCUT2D eigenvalue weighted by Gasteiger charge is -2.09. The van der Waals surface area contributed by atoms with Gasteiger partial charge in [0.2, 0.25) is 5.91 Å². The van der Waals surface area contributed by atoms with Crippen LogP contribution in [0.1, 0.15) is 37.9 Å². The van der Waals surface area contributed by atoms with Crippen molar-refractivity contribution >= 4 is 22.6 Å². The Morgan fingerprint density at radius 2 is 2.30 bits per heavy atom. The Bertz CT molecular complexity index is 643. The van der Waals surface area contributed by atoms with Gasteiger partial charge < -0.3 is 15.6 Å². The van der Waals surface area contributed by atoms with Crippen LogP contribution in [0.5, 0.6) is 0 Å². The lowest BCUT2D eigenvalue weighted by Crippen LogP contribution is -2.28. The maximum Gasteiger partial charge on any atom is 0.240 e. The SMILES string of the molecule is CCCNC(=O)Cn1c(C2CC2)nc2cc(N)ccc21. The Labute approximate surface area is 118 Å². The Kier molecular flexibility index (Phi) is 3.34. The molecule has 0 aliphatic heterocycles. The second-order valence-corrected chi connectivity index (χ2v) is 5.43. The number of nitrogen functional groups attached to an aromatic ring is 1. The van der Waals surface area contributed by atoms with Gasteiger partial charge in [-0.05, 0) is 37.5 Å². The van der Waals surface area contributed by atoms with E-state index < -0.39 is 0 Å². The first kappa shape index (κ1) is 13.0. The Morgan fingerprint density at radius 3 is 3.00 bits per heavy atom. The molecule has 3 rings (SSSR count). The fraction of sp³-hybridized carbons (Fsp3) is 0.467. The number of aromatic nitrogens is 2. The molecule has 0 bridgehead atoms. The molecule has 1 fully saturated rings. The van der Waals surface area contributed by atoms with Gasteiger partial charge in [0, 0.05) is 18.2 Å². The van der Waals surface area contributed by atoms with Crippen molar-refractivity contribution in [2.45, 2.75) is 38.6 Å². The molecule has 1 heterocycles. The zero-order chi connectivity index (χ0) is 14.1. The van der Waals surface area contributed by atoms with Gasteiger partial charge >= 0.3 is 0 Å². The number of nitrogens with one attached hydrogen (secondary N) is 1. The highest BCUT2D eigenvalue weighted by atomic mass is 16.1. The first-order chi connectivity index (χ1) is 9.69. The Balaban J connectivity index is 1.94. The zero-order valence-electron chi connectivity index (χ0n) is 11.7. The molecule has 0 unspecified atom stereocenters. The van der Waals surface area contributed by atoms with Crippen LogP contribution >= 0.6 is 0 Å². The van der Waals surface area contributed by atoms with Crippen molar-refractivity contribution in [2.24, 2.45) is 0 Å². The molecule has 1 aliphatic carbocycles. The van der Waals surface area contributed by atoms with Crippen LogP contribution in [0.3, 0.4) is 0 Å². The van der Waals surface area contributed by atoms with Crippen molar-refractivity contribution in [1.82, 2.24) is 14.9 Å². The van der Waals surface area contributed by atoms with Crippen LogP contribution in [-0.2, 0) is 11.3 Å². The molecule has 106 valence electrons. The number of benzene rings is 1. The van der Waals surface area contributed by atoms with Crippen molar-refractivity contribution in [3.8, 4) is 0 Å². The lowest BCUT2D eigenvalue weighted by atomic mass is 10.3. The minimum Gasteiger partial charge on any atom is -0.399 e. The summed E-state index contributed by atoms with van der Waals surface area (Å²) in [6.45, 7) is 3.11. The van der Waals surface area contributed by atoms with E-state index in [4.69, 9.17) is 5.73 Å². The Hall–Kier alpha value is -2.04. The number of nitrogens with two attached hydrogens (primary N) is 1. The van der Waals surface area contributed by atoms with Crippen molar-refractivity contribution in [2.75, 3.05) is 12.3 Å². The van der Waals surface area contributed by atoms with E-state index in [0.29, 0.717) is 18.2 Å². The number of amides is 1. The second-order valence-electron chi connectivity index (χ2n) is 5.43. The summed E-state index contributed by atoms with van der Waals surface area (Å²) >= 11 is 0. The average Bonchev–Trinajstić information content (AvgIpc) is 3.21. The topological polar surface area (TPSA) is 72.9 Å². The van der Waals surface area contributed by atoms with Gasteiger partial charge in [0.05, 0.1) is 11.0 Å². The van der Waals surface area contributed by atoms with Gasteiger partial charge in [-0.3, -0.25) is 4.79 Å². The van der Waals surface area contributed by atoms with Crippen LogP contribution in [0, 0.1) is 0 Å². The van der Waals surface area contributed by atoms with Gasteiger partial charge in [-0.2, -0.15) is 0 Å². The predicted octanol–water partition coefficient (Wildman–Crippen LogP) is 2.02. The number of imidazole rings is 1. The van der Waals surface area contributed by atoms with Crippen LogP contribution < -0.4 is 11.1 Å². The molecule has 0 spiro atoms. The molecule has 1 saturated carbocycles. The maximum absolute atomic E-state index is 12.0. The number of hydrogen-bond acceptors (Lipinski definition) is 3. The smallest absolute Gasteiger partial charge is 0.240 e. The molecular weight excluding hydrogens is 252 g/mol. The maximum atomic E-state index is 12.0. The van der Waals surface area contributed by atoms with E-state index in [1.54, 1.807) is 0 Å². The predicted molar refractivity (Wildman–Crippen MR) is 79.4 cm³/mol. The average molecular weight is 272 g/mol. The molecule has 0 atom stereocenters. The largest absolute Gasteiger partial charge is 0.399 e. The molecule has 1 aromatic heterocycles. The van der Waals surface area contributed by atoms with Crippen molar-refractivity contribution in [3.63, 3.8) is 0 Å². The molecule has 0 radical (unpaired) electrons. The molecule has 1 aromatic carbocycles. The molecular formula is C15H20N4O. The third-order valence-corrected chi connectivity index (χ3v) is 3.62. The Morgan fingerprint density at radius 1 is 1.50 bits per heavy atom. The van der Waals surface area contributed by atoms with Gasteiger partial charge in [-0.1, -0.05) is 6.92 Å². The molecule has 1 aliphatic rings. The minimum absolute atomic E-state index is 0.0462. The summed E-state index contributed by atoms with van der Waals surface area (Å²) in [5, 5.41) is 2.92. The van der Waals surface area contributed by atoms with Crippen molar-refractivity contribution in [3.05, 3.63) is 24.0 Å². The van der Waals surface area contributed by atoms with Crippen LogP contribution in [0.2, 0.25) is 0 Å². The number of anilines is 1. The fourth-order valence-electron chi connectivity index (χ4n) is 2.45. The van der Waals surface area contributed by atoms with E-state index in [0.717, 1.165) is 42.7 Å². The summed E-state index contributed by atoms with van der Waals surface area (Å²) in [6, 6.07) is 5.69. The highest BCUT2D eigenvalue weighted by Crippen LogP contribution is 2.40. The first-order valence-corrected chi connectivity index (χ1v) is 7.21. The molecule has 5 heteroatoms. The summed E-state index contributed by atoms with van der Waals surface area (Å²) in [5.74, 6) is 1.57. The number of carbonyl (C=O) groups is 1. The first-order valence-electron chi connectivity index (χ1n) is 7.21. The van der Waals surface area contributed by atoms with Gasteiger partial charge in [-0.15, -0.1) is 0 Å². The summed E-state index contributed by atoms with van der Waals surface area (Å²) in [4.78, 5) is 16.7. The summed E-state index contributed by atoms with van der Waals surface area (Å²) in [7, 11) is 0. The van der Waals surface area contributed by atoms with Crippen LogP contribution in [0.15, 0.2) is 18.2 Å². The third kappa shape index (κ3) is 2.48. The van der Waals surface area contributed by atoms with E-state index in [1.165, 1.54) is 0 Å². The number of hydrogen-bond donors (Lipinski definition) is 2. The summed E-state index contributed by atoms with van der Waals surface area (Å²) in [6.07, 6.45) is 3.27. The normalized spacial score (nSPS) is 14.7. The number of fused-ring (bicyclic) bond motifs is 1. The monoisotopic (exact) mass is 272 g/mol. The van der Waals surface area contributed by atoms with Crippen molar-refractivity contribution in [1.29, 1.82) is 0 Å². The second kappa shape index (κ2) is 5.15. The highest BCUT2D eigenvalue weighted by Gasteiger charge is 2.30. The molecule has 5 nitrogen and oxygen atoms in total. The summed E-state index contributed by atoms with van der Waals surface area (Å²) in [5.41, 5.74) is 8.40. The van der Waals surface area contributed by atoms with E-state index >= 15 is 0 Å². The number of rotatable bonds is 5. The quantitative estimate of drug-likeness (QED) is 0.818. The van der Waals surface area contributed by atoms with Gasteiger partial charge in [-0.25, -0.2) is 4.98 Å². The molecule has 3 N–H and O–H groups in total. The van der Waals surface area contributed by atoms with Crippen LogP contribution in [-0.4, -0.2) is 22.0 Å². The number of carbonyl (C=O) groups excluding carboxylic acids is 1. The van der Waals surface area contributed by atoms with E-state index in [2.05, 4.69) is 10.3 Å². The highest BCUT2D eigenvalue weighted by molar-refractivity contribution is 5.83. The van der Waals surface area contributed by atoms with Crippen LogP contribution in [0.25, 0.3) is 11.0 Å². The van der Waals surface area contributed by atoms with Gasteiger partial charge in [0.25, 0.3) is 0 Å². The zero-order valence-corrected chi connectivity index (χ0v) is 11.7.